The number of benzene rings is 1. The van der Waals surface area contributed by atoms with Gasteiger partial charge in [0.15, 0.2) is 0 Å². The minimum Gasteiger partial charge on any atom is -0.375 e. The number of nitriles is 1. The Morgan fingerprint density at radius 2 is 2.06 bits per heavy atom. The van der Waals surface area contributed by atoms with Crippen LogP contribution in [0.2, 0.25) is 5.15 Å². The first-order chi connectivity index (χ1) is 14.9. The van der Waals surface area contributed by atoms with E-state index >= 15 is 0 Å². The Labute approximate surface area is 182 Å². The lowest BCUT2D eigenvalue weighted by atomic mass is 10.1. The Bertz CT molecular complexity index is 1380. The van der Waals surface area contributed by atoms with Gasteiger partial charge in [-0.1, -0.05) is 23.7 Å². The van der Waals surface area contributed by atoms with E-state index in [1.165, 1.54) is 6.20 Å². The molecule has 0 saturated carbocycles. The number of aromatic nitrogens is 5. The number of aryl methyl sites for hydroxylation is 2. The van der Waals surface area contributed by atoms with Gasteiger partial charge < -0.3 is 15.2 Å². The average Bonchev–Trinajstić information content (AvgIpc) is 3.18. The Balaban J connectivity index is 1.82. The van der Waals surface area contributed by atoms with Gasteiger partial charge in [-0.3, -0.25) is 9.89 Å². The zero-order valence-corrected chi connectivity index (χ0v) is 17.8. The molecule has 0 radical (unpaired) electrons. The molecule has 0 spiro atoms. The van der Waals surface area contributed by atoms with Crippen LogP contribution >= 0.6 is 11.6 Å². The molecule has 0 aliphatic heterocycles. The van der Waals surface area contributed by atoms with Crippen molar-refractivity contribution in [3.63, 3.8) is 0 Å². The lowest BCUT2D eigenvalue weighted by Crippen LogP contribution is -2.19. The van der Waals surface area contributed by atoms with Crippen LogP contribution in [0.25, 0.3) is 10.9 Å². The van der Waals surface area contributed by atoms with E-state index in [1.54, 1.807) is 30.7 Å². The number of pyridine rings is 2. The van der Waals surface area contributed by atoms with Crippen LogP contribution in [0.15, 0.2) is 41.3 Å². The molecule has 4 aromatic rings. The number of halogens is 1. The predicted molar refractivity (Wildman–Crippen MR) is 120 cm³/mol. The molecule has 0 saturated heterocycles. The maximum atomic E-state index is 12.7. The number of para-hydroxylation sites is 1. The van der Waals surface area contributed by atoms with E-state index in [9.17, 15) is 10.1 Å². The second-order valence-electron chi connectivity index (χ2n) is 7.05. The third-order valence-corrected chi connectivity index (χ3v) is 5.23. The highest BCUT2D eigenvalue weighted by Crippen LogP contribution is 2.32. The maximum absolute atomic E-state index is 12.7. The summed E-state index contributed by atoms with van der Waals surface area (Å²) < 4.78 is 1.56. The van der Waals surface area contributed by atoms with E-state index in [0.717, 1.165) is 5.39 Å². The van der Waals surface area contributed by atoms with Crippen LogP contribution in [-0.4, -0.2) is 24.7 Å². The van der Waals surface area contributed by atoms with Gasteiger partial charge in [0.25, 0.3) is 5.56 Å². The molecule has 10 heteroatoms. The number of hydrogen-bond donors (Lipinski definition) is 3. The van der Waals surface area contributed by atoms with Crippen molar-refractivity contribution in [3.05, 3.63) is 69.2 Å². The van der Waals surface area contributed by atoms with Gasteiger partial charge in [-0.25, -0.2) is 9.97 Å². The third kappa shape index (κ3) is 3.81. The van der Waals surface area contributed by atoms with Gasteiger partial charge >= 0.3 is 0 Å². The number of nitrogens with zero attached hydrogens (tertiary/aromatic N) is 5. The number of hydrogen-bond acceptors (Lipinski definition) is 7. The Morgan fingerprint density at radius 1 is 1.26 bits per heavy atom. The number of aromatic amines is 1. The minimum absolute atomic E-state index is 0.111. The van der Waals surface area contributed by atoms with Crippen LogP contribution in [0.5, 0.6) is 0 Å². The van der Waals surface area contributed by atoms with E-state index in [-0.39, 0.29) is 22.3 Å². The van der Waals surface area contributed by atoms with Gasteiger partial charge in [0, 0.05) is 30.4 Å². The van der Waals surface area contributed by atoms with Crippen LogP contribution in [0.1, 0.15) is 30.2 Å². The number of nitrogens with one attached hydrogen (secondary N) is 3. The number of anilines is 3. The molecule has 31 heavy (non-hydrogen) atoms. The molecule has 3 aromatic heterocycles. The zero-order chi connectivity index (χ0) is 22.1. The van der Waals surface area contributed by atoms with Crippen LogP contribution in [0, 0.1) is 18.3 Å². The molecule has 1 atom stereocenters. The van der Waals surface area contributed by atoms with Crippen molar-refractivity contribution in [2.75, 3.05) is 10.6 Å². The SMILES string of the molecule is Cc1n[nH]c(C(C)Nc2cc(=O)n(C)c3c(Nc4ccnc(Cl)c4C#N)cccc23)n1. The van der Waals surface area contributed by atoms with Crippen molar-refractivity contribution in [2.24, 2.45) is 7.05 Å². The van der Waals surface area contributed by atoms with Crippen molar-refractivity contribution < 1.29 is 0 Å². The Kier molecular flexibility index (Phi) is 5.31. The highest BCUT2D eigenvalue weighted by atomic mass is 35.5. The highest BCUT2D eigenvalue weighted by molar-refractivity contribution is 6.31. The second-order valence-corrected chi connectivity index (χ2v) is 7.41. The summed E-state index contributed by atoms with van der Waals surface area (Å²) in [7, 11) is 1.70. The summed E-state index contributed by atoms with van der Waals surface area (Å²) >= 11 is 6.06. The topological polar surface area (TPSA) is 124 Å². The van der Waals surface area contributed by atoms with Gasteiger partial charge in [0.05, 0.1) is 22.9 Å². The highest BCUT2D eigenvalue weighted by Gasteiger charge is 2.16. The number of rotatable bonds is 5. The second kappa shape index (κ2) is 8.08. The first-order valence-corrected chi connectivity index (χ1v) is 9.86. The summed E-state index contributed by atoms with van der Waals surface area (Å²) in [5, 5.41) is 23.9. The summed E-state index contributed by atoms with van der Waals surface area (Å²) in [6.07, 6.45) is 1.52. The van der Waals surface area contributed by atoms with E-state index in [4.69, 9.17) is 11.6 Å². The normalized spacial score (nSPS) is 11.8. The van der Waals surface area contributed by atoms with Gasteiger partial charge in [0.2, 0.25) is 0 Å². The van der Waals surface area contributed by atoms with Gasteiger partial charge in [-0.05, 0) is 26.0 Å². The zero-order valence-electron chi connectivity index (χ0n) is 17.1. The van der Waals surface area contributed by atoms with E-state index in [0.29, 0.717) is 34.2 Å². The quantitative estimate of drug-likeness (QED) is 0.408. The van der Waals surface area contributed by atoms with E-state index in [2.05, 4.69) is 36.9 Å². The minimum atomic E-state index is -0.197. The molecule has 4 rings (SSSR count). The lowest BCUT2D eigenvalue weighted by molar-refractivity contribution is 0.795. The Hall–Kier alpha value is -3.90. The fraction of sp³-hybridized carbons (Fsp3) is 0.190. The maximum Gasteiger partial charge on any atom is 0.252 e. The molecule has 0 bridgehead atoms. The fourth-order valence-corrected chi connectivity index (χ4v) is 3.60. The summed E-state index contributed by atoms with van der Waals surface area (Å²) in [6, 6.07) is 10.7. The molecule has 156 valence electrons. The third-order valence-electron chi connectivity index (χ3n) is 4.94. The smallest absolute Gasteiger partial charge is 0.252 e. The first-order valence-electron chi connectivity index (χ1n) is 9.49. The molecule has 0 aliphatic carbocycles. The van der Waals surface area contributed by atoms with Crippen molar-refractivity contribution in [2.45, 2.75) is 19.9 Å². The summed E-state index contributed by atoms with van der Waals surface area (Å²) in [4.78, 5) is 21.0. The molecular weight excluding hydrogens is 416 g/mol. The van der Waals surface area contributed by atoms with Crippen LogP contribution in [0.3, 0.4) is 0 Å². The largest absolute Gasteiger partial charge is 0.375 e. The molecule has 9 nitrogen and oxygen atoms in total. The molecule has 0 fully saturated rings. The van der Waals surface area contributed by atoms with Gasteiger partial charge in [-0.15, -0.1) is 0 Å². The van der Waals surface area contributed by atoms with Gasteiger partial charge in [-0.2, -0.15) is 10.4 Å². The van der Waals surface area contributed by atoms with Crippen molar-refractivity contribution in [3.8, 4) is 6.07 Å². The van der Waals surface area contributed by atoms with Crippen molar-refractivity contribution in [1.82, 2.24) is 24.7 Å². The molecule has 3 heterocycles. The average molecular weight is 435 g/mol. The number of H-pyrrole nitrogens is 1. The van der Waals surface area contributed by atoms with E-state index in [1.807, 2.05) is 25.1 Å². The summed E-state index contributed by atoms with van der Waals surface area (Å²) in [5.41, 5.74) is 2.55. The molecule has 0 aliphatic rings. The first kappa shape index (κ1) is 20.4. The van der Waals surface area contributed by atoms with Crippen LogP contribution in [0.4, 0.5) is 17.1 Å². The standard InChI is InChI=1S/C21H19ClN8O/c1-11(21-26-12(2)28-29-21)25-17-9-18(31)30(3)19-13(17)5-4-6-16(19)27-15-7-8-24-20(22)14(15)10-23/h4-9,11,25H,1-3H3,(H,24,27)(H,26,28,29). The summed E-state index contributed by atoms with van der Waals surface area (Å²) in [5.74, 6) is 1.32. The van der Waals surface area contributed by atoms with Gasteiger partial charge in [0.1, 0.15) is 28.4 Å². The molecule has 1 unspecified atom stereocenters. The van der Waals surface area contributed by atoms with Crippen LogP contribution < -0.4 is 16.2 Å². The lowest BCUT2D eigenvalue weighted by Gasteiger charge is -2.19. The predicted octanol–water partition coefficient (Wildman–Crippen LogP) is 3.80. The van der Waals surface area contributed by atoms with Crippen molar-refractivity contribution in [1.29, 1.82) is 5.26 Å². The molecule has 0 amide bonds. The Morgan fingerprint density at radius 3 is 2.77 bits per heavy atom. The molecular formula is C21H19ClN8O. The molecule has 1 aromatic carbocycles. The molecule has 3 N–H and O–H groups in total. The number of fused-ring (bicyclic) bond motifs is 1. The van der Waals surface area contributed by atoms with Crippen molar-refractivity contribution >= 4 is 39.6 Å². The van der Waals surface area contributed by atoms with E-state index < -0.39 is 0 Å². The summed E-state index contributed by atoms with van der Waals surface area (Å²) in [6.45, 7) is 3.74. The monoisotopic (exact) mass is 434 g/mol. The fourth-order valence-electron chi connectivity index (χ4n) is 3.40. The van der Waals surface area contributed by atoms with Crippen LogP contribution in [-0.2, 0) is 7.05 Å².